The average molecular weight is 312 g/mol. The van der Waals surface area contributed by atoms with E-state index in [1.54, 1.807) is 18.2 Å². The molecule has 1 atom stereocenters. The molecule has 1 N–H and O–H groups in total. The zero-order valence-corrected chi connectivity index (χ0v) is 12.7. The Morgan fingerprint density at radius 1 is 1.10 bits per heavy atom. The highest BCUT2D eigenvalue weighted by Crippen LogP contribution is 2.28. The number of rotatable bonds is 5. The first-order valence-electron chi connectivity index (χ1n) is 6.55. The summed E-state index contributed by atoms with van der Waals surface area (Å²) in [5.41, 5.74) is 1.46. The Labute approximate surface area is 128 Å². The Bertz CT molecular complexity index is 586. The van der Waals surface area contributed by atoms with Crippen LogP contribution in [0.4, 0.5) is 4.39 Å². The molecule has 0 fully saturated rings. The van der Waals surface area contributed by atoms with E-state index in [-0.39, 0.29) is 11.9 Å². The van der Waals surface area contributed by atoms with Gasteiger partial charge in [0, 0.05) is 15.6 Å². The molecule has 0 amide bonds. The van der Waals surface area contributed by atoms with E-state index in [1.165, 1.54) is 6.07 Å². The second-order valence-corrected chi connectivity index (χ2v) is 5.48. The highest BCUT2D eigenvalue weighted by atomic mass is 35.5. The van der Waals surface area contributed by atoms with Crippen LogP contribution in [0.25, 0.3) is 0 Å². The van der Waals surface area contributed by atoms with Gasteiger partial charge in [0.2, 0.25) is 0 Å². The lowest BCUT2D eigenvalue weighted by molar-refractivity contribution is 0.547. The number of halogens is 3. The van der Waals surface area contributed by atoms with Gasteiger partial charge in [-0.25, -0.2) is 4.39 Å². The fourth-order valence-electron chi connectivity index (χ4n) is 2.12. The van der Waals surface area contributed by atoms with Crippen LogP contribution in [0.15, 0.2) is 42.5 Å². The maximum atomic E-state index is 14.1. The maximum absolute atomic E-state index is 14.1. The molecule has 0 aliphatic rings. The molecule has 0 spiro atoms. The summed E-state index contributed by atoms with van der Waals surface area (Å²) in [4.78, 5) is 0. The molecule has 20 heavy (non-hydrogen) atoms. The van der Waals surface area contributed by atoms with Crippen molar-refractivity contribution in [3.05, 3.63) is 69.5 Å². The van der Waals surface area contributed by atoms with Crippen molar-refractivity contribution >= 4 is 23.2 Å². The van der Waals surface area contributed by atoms with Gasteiger partial charge in [0.15, 0.2) is 0 Å². The predicted molar refractivity (Wildman–Crippen MR) is 83.0 cm³/mol. The van der Waals surface area contributed by atoms with Gasteiger partial charge in [-0.1, -0.05) is 42.3 Å². The van der Waals surface area contributed by atoms with Crippen LogP contribution in [-0.4, -0.2) is 6.54 Å². The van der Waals surface area contributed by atoms with Crippen molar-refractivity contribution in [2.75, 3.05) is 6.54 Å². The lowest BCUT2D eigenvalue weighted by Gasteiger charge is -2.20. The van der Waals surface area contributed by atoms with E-state index in [0.29, 0.717) is 15.6 Å². The molecule has 106 valence electrons. The normalized spacial score (nSPS) is 12.4. The fraction of sp³-hybridized carbons (Fsp3) is 0.250. The Balaban J connectivity index is 2.44. The van der Waals surface area contributed by atoms with Gasteiger partial charge in [-0.15, -0.1) is 0 Å². The van der Waals surface area contributed by atoms with Crippen molar-refractivity contribution in [3.8, 4) is 0 Å². The molecule has 2 aromatic rings. The number of hydrogen-bond donors (Lipinski definition) is 1. The van der Waals surface area contributed by atoms with Crippen LogP contribution in [0.1, 0.15) is 30.5 Å². The summed E-state index contributed by atoms with van der Waals surface area (Å²) >= 11 is 12.0. The van der Waals surface area contributed by atoms with E-state index < -0.39 is 0 Å². The summed E-state index contributed by atoms with van der Waals surface area (Å²) in [5.74, 6) is -0.275. The van der Waals surface area contributed by atoms with Crippen LogP contribution in [0.5, 0.6) is 0 Å². The number of benzene rings is 2. The summed E-state index contributed by atoms with van der Waals surface area (Å²) in [5, 5.41) is 4.49. The van der Waals surface area contributed by atoms with Crippen molar-refractivity contribution in [1.29, 1.82) is 0 Å². The summed E-state index contributed by atoms with van der Waals surface area (Å²) in [6.45, 7) is 2.85. The van der Waals surface area contributed by atoms with Gasteiger partial charge < -0.3 is 5.32 Å². The molecule has 0 aromatic heterocycles. The fourth-order valence-corrected chi connectivity index (χ4v) is 2.50. The van der Waals surface area contributed by atoms with Crippen LogP contribution in [0.3, 0.4) is 0 Å². The molecule has 0 aliphatic heterocycles. The van der Waals surface area contributed by atoms with Gasteiger partial charge in [-0.2, -0.15) is 0 Å². The minimum absolute atomic E-state index is 0.257. The minimum Gasteiger partial charge on any atom is -0.306 e. The van der Waals surface area contributed by atoms with Crippen molar-refractivity contribution in [2.45, 2.75) is 19.4 Å². The van der Waals surface area contributed by atoms with Crippen LogP contribution in [0, 0.1) is 5.82 Å². The molecule has 1 unspecified atom stereocenters. The van der Waals surface area contributed by atoms with Gasteiger partial charge in [0.1, 0.15) is 5.82 Å². The van der Waals surface area contributed by atoms with Crippen LogP contribution >= 0.6 is 23.2 Å². The summed E-state index contributed by atoms with van der Waals surface area (Å²) in [7, 11) is 0. The van der Waals surface area contributed by atoms with Crippen LogP contribution < -0.4 is 5.32 Å². The Kier molecular flexibility index (Phi) is 5.41. The monoisotopic (exact) mass is 311 g/mol. The molecule has 0 bridgehead atoms. The quantitative estimate of drug-likeness (QED) is 0.798. The highest BCUT2D eigenvalue weighted by Gasteiger charge is 2.18. The molecule has 4 heteroatoms. The molecule has 0 aliphatic carbocycles. The third-order valence-electron chi connectivity index (χ3n) is 3.05. The van der Waals surface area contributed by atoms with Gasteiger partial charge in [0.25, 0.3) is 0 Å². The van der Waals surface area contributed by atoms with Gasteiger partial charge in [0.05, 0.1) is 6.04 Å². The van der Waals surface area contributed by atoms with E-state index in [1.807, 2.05) is 18.2 Å². The van der Waals surface area contributed by atoms with E-state index >= 15 is 0 Å². The SMILES string of the molecule is CCCNC(c1cccc(Cl)c1)c1cc(Cl)ccc1F. The first-order chi connectivity index (χ1) is 9.61. The summed E-state index contributed by atoms with van der Waals surface area (Å²) in [6, 6.07) is 11.8. The lowest BCUT2D eigenvalue weighted by Crippen LogP contribution is -2.24. The Hall–Kier alpha value is -1.09. The van der Waals surface area contributed by atoms with Crippen LogP contribution in [-0.2, 0) is 0 Å². The van der Waals surface area contributed by atoms with Gasteiger partial charge in [-0.05, 0) is 48.9 Å². The van der Waals surface area contributed by atoms with Crippen LogP contribution in [0.2, 0.25) is 10.0 Å². The Morgan fingerprint density at radius 3 is 2.55 bits per heavy atom. The molecular formula is C16H16Cl2FN. The topological polar surface area (TPSA) is 12.0 Å². The molecule has 0 heterocycles. The largest absolute Gasteiger partial charge is 0.306 e. The third-order valence-corrected chi connectivity index (χ3v) is 3.52. The standard InChI is InChI=1S/C16H16Cl2FN/c1-2-8-20-16(11-4-3-5-12(17)9-11)14-10-13(18)6-7-15(14)19/h3-7,9-10,16,20H,2,8H2,1H3. The predicted octanol–water partition coefficient (Wildman–Crippen LogP) is 5.22. The summed E-state index contributed by atoms with van der Waals surface area (Å²) < 4.78 is 14.1. The molecular weight excluding hydrogens is 296 g/mol. The smallest absolute Gasteiger partial charge is 0.128 e. The van der Waals surface area contributed by atoms with E-state index in [4.69, 9.17) is 23.2 Å². The second kappa shape index (κ2) is 7.07. The molecule has 2 rings (SSSR count). The number of nitrogens with one attached hydrogen (secondary N) is 1. The highest BCUT2D eigenvalue weighted by molar-refractivity contribution is 6.31. The first-order valence-corrected chi connectivity index (χ1v) is 7.31. The zero-order chi connectivity index (χ0) is 14.5. The zero-order valence-electron chi connectivity index (χ0n) is 11.2. The van der Waals surface area contributed by atoms with E-state index in [2.05, 4.69) is 12.2 Å². The molecule has 2 aromatic carbocycles. The van der Waals surface area contributed by atoms with Crippen molar-refractivity contribution in [2.24, 2.45) is 0 Å². The Morgan fingerprint density at radius 2 is 1.85 bits per heavy atom. The third kappa shape index (κ3) is 3.72. The molecule has 0 saturated heterocycles. The second-order valence-electron chi connectivity index (χ2n) is 4.61. The molecule has 1 nitrogen and oxygen atoms in total. The van der Waals surface area contributed by atoms with E-state index in [9.17, 15) is 4.39 Å². The molecule has 0 radical (unpaired) electrons. The van der Waals surface area contributed by atoms with Gasteiger partial charge >= 0.3 is 0 Å². The van der Waals surface area contributed by atoms with Gasteiger partial charge in [-0.3, -0.25) is 0 Å². The first kappa shape index (κ1) is 15.3. The summed E-state index contributed by atoms with van der Waals surface area (Å²) in [6.07, 6.45) is 0.958. The maximum Gasteiger partial charge on any atom is 0.128 e. The molecule has 0 saturated carbocycles. The van der Waals surface area contributed by atoms with Crippen molar-refractivity contribution in [3.63, 3.8) is 0 Å². The average Bonchev–Trinajstić information content (AvgIpc) is 2.43. The van der Waals surface area contributed by atoms with Crippen molar-refractivity contribution in [1.82, 2.24) is 5.32 Å². The minimum atomic E-state index is -0.275. The van der Waals surface area contributed by atoms with Crippen molar-refractivity contribution < 1.29 is 4.39 Å². The lowest BCUT2D eigenvalue weighted by atomic mass is 9.98. The van der Waals surface area contributed by atoms with E-state index in [0.717, 1.165) is 18.5 Å². The number of hydrogen-bond acceptors (Lipinski definition) is 1.